The van der Waals surface area contributed by atoms with Gasteiger partial charge in [0, 0.05) is 43.6 Å². The molecule has 0 bridgehead atoms. The number of nitrogens with one attached hydrogen (secondary N) is 1. The third-order valence-corrected chi connectivity index (χ3v) is 4.43. The fourth-order valence-corrected chi connectivity index (χ4v) is 3.21. The normalized spacial score (nSPS) is 17.9. The molecule has 1 aliphatic heterocycles. The zero-order valence-electron chi connectivity index (χ0n) is 12.6. The van der Waals surface area contributed by atoms with Crippen LogP contribution in [0.4, 0.5) is 0 Å². The third kappa shape index (κ3) is 2.97. The summed E-state index contributed by atoms with van der Waals surface area (Å²) in [6.45, 7) is 5.27. The van der Waals surface area contributed by atoms with E-state index < -0.39 is 0 Å². The monoisotopic (exact) mass is 321 g/mol. The summed E-state index contributed by atoms with van der Waals surface area (Å²) < 4.78 is 0. The summed E-state index contributed by atoms with van der Waals surface area (Å²) in [5, 5.41) is 10.8. The number of aromatic nitrogens is 1. The predicted molar refractivity (Wildman–Crippen MR) is 87.3 cm³/mol. The minimum absolute atomic E-state index is 0.0575. The number of para-hydroxylation sites is 1. The molecule has 0 radical (unpaired) electrons. The van der Waals surface area contributed by atoms with Crippen LogP contribution in [-0.4, -0.2) is 64.6 Å². The first kappa shape index (κ1) is 15.3. The second-order valence-corrected chi connectivity index (χ2v) is 6.18. The third-order valence-electron chi connectivity index (χ3n) is 4.04. The first-order chi connectivity index (χ1) is 10.6. The Morgan fingerprint density at radius 2 is 2.00 bits per heavy atom. The SMILES string of the molecule is C[C@H](O)CN1CCN(C(=O)c2[nH]c3ccccc3c2Cl)CC1. The molecule has 0 saturated carbocycles. The van der Waals surface area contributed by atoms with E-state index in [1.807, 2.05) is 29.2 Å². The van der Waals surface area contributed by atoms with Crippen molar-refractivity contribution in [3.63, 3.8) is 0 Å². The fourth-order valence-electron chi connectivity index (χ4n) is 2.92. The number of carbonyl (C=O) groups excluding carboxylic acids is 1. The van der Waals surface area contributed by atoms with Gasteiger partial charge in [0.1, 0.15) is 5.69 Å². The van der Waals surface area contributed by atoms with E-state index in [1.165, 1.54) is 0 Å². The molecule has 1 aromatic carbocycles. The molecule has 0 unspecified atom stereocenters. The molecule has 1 amide bonds. The first-order valence-corrected chi connectivity index (χ1v) is 7.90. The van der Waals surface area contributed by atoms with Gasteiger partial charge in [0.25, 0.3) is 5.91 Å². The molecular formula is C16H20ClN3O2. The molecule has 1 aliphatic rings. The van der Waals surface area contributed by atoms with Crippen LogP contribution in [0.5, 0.6) is 0 Å². The quantitative estimate of drug-likeness (QED) is 0.908. The van der Waals surface area contributed by atoms with Gasteiger partial charge < -0.3 is 15.0 Å². The van der Waals surface area contributed by atoms with Crippen LogP contribution in [0.25, 0.3) is 10.9 Å². The summed E-state index contributed by atoms with van der Waals surface area (Å²) in [5.74, 6) is -0.0575. The Kier molecular flexibility index (Phi) is 4.38. The molecule has 0 aliphatic carbocycles. The number of H-pyrrole nitrogens is 1. The van der Waals surface area contributed by atoms with E-state index in [4.69, 9.17) is 11.6 Å². The number of carbonyl (C=O) groups is 1. The lowest BCUT2D eigenvalue weighted by atomic mass is 10.2. The second-order valence-electron chi connectivity index (χ2n) is 5.80. The smallest absolute Gasteiger partial charge is 0.271 e. The van der Waals surface area contributed by atoms with E-state index in [1.54, 1.807) is 6.92 Å². The van der Waals surface area contributed by atoms with Crippen molar-refractivity contribution in [1.29, 1.82) is 0 Å². The maximum Gasteiger partial charge on any atom is 0.271 e. The minimum Gasteiger partial charge on any atom is -0.392 e. The molecule has 2 aromatic rings. The molecule has 1 fully saturated rings. The number of β-amino-alcohol motifs (C(OH)–C–C–N with tert-alkyl or cyclic N) is 1. The van der Waals surface area contributed by atoms with Gasteiger partial charge in [-0.2, -0.15) is 0 Å². The molecule has 6 heteroatoms. The van der Waals surface area contributed by atoms with Crippen molar-refractivity contribution in [2.75, 3.05) is 32.7 Å². The number of amides is 1. The Morgan fingerprint density at radius 1 is 1.32 bits per heavy atom. The summed E-state index contributed by atoms with van der Waals surface area (Å²) in [4.78, 5) is 19.8. The number of piperazine rings is 1. The lowest BCUT2D eigenvalue weighted by Crippen LogP contribution is -2.50. The van der Waals surface area contributed by atoms with Crippen LogP contribution in [0, 0.1) is 0 Å². The number of fused-ring (bicyclic) bond motifs is 1. The topological polar surface area (TPSA) is 59.6 Å². The summed E-state index contributed by atoms with van der Waals surface area (Å²) in [6.07, 6.45) is -0.342. The molecule has 1 saturated heterocycles. The molecule has 3 rings (SSSR count). The number of halogens is 1. The van der Waals surface area contributed by atoms with Crippen LogP contribution >= 0.6 is 11.6 Å². The number of nitrogens with zero attached hydrogens (tertiary/aromatic N) is 2. The van der Waals surface area contributed by atoms with E-state index in [0.717, 1.165) is 24.0 Å². The molecular weight excluding hydrogens is 302 g/mol. The van der Waals surface area contributed by atoms with Gasteiger partial charge in [-0.05, 0) is 13.0 Å². The van der Waals surface area contributed by atoms with Gasteiger partial charge >= 0.3 is 0 Å². The van der Waals surface area contributed by atoms with Gasteiger partial charge in [0.2, 0.25) is 0 Å². The zero-order valence-corrected chi connectivity index (χ0v) is 13.3. The average Bonchev–Trinajstić information content (AvgIpc) is 2.84. The standard InChI is InChI=1S/C16H20ClN3O2/c1-11(21)10-19-6-8-20(9-7-19)16(22)15-14(17)12-4-2-3-5-13(12)18-15/h2-5,11,18,21H,6-10H2,1H3/t11-/m0/s1. The van der Waals surface area contributed by atoms with Crippen LogP contribution in [0.15, 0.2) is 24.3 Å². The summed E-state index contributed by atoms with van der Waals surface area (Å²) in [5.41, 5.74) is 1.34. The Hall–Kier alpha value is -1.56. The lowest BCUT2D eigenvalue weighted by molar-refractivity contribution is 0.0550. The van der Waals surface area contributed by atoms with E-state index in [0.29, 0.717) is 30.4 Å². The van der Waals surface area contributed by atoms with Crippen molar-refractivity contribution in [2.45, 2.75) is 13.0 Å². The van der Waals surface area contributed by atoms with Crippen LogP contribution in [-0.2, 0) is 0 Å². The van der Waals surface area contributed by atoms with Gasteiger partial charge in [0.15, 0.2) is 0 Å². The number of hydrogen-bond donors (Lipinski definition) is 2. The highest BCUT2D eigenvalue weighted by atomic mass is 35.5. The first-order valence-electron chi connectivity index (χ1n) is 7.52. The Bertz CT molecular complexity index is 675. The van der Waals surface area contributed by atoms with Crippen LogP contribution in [0.2, 0.25) is 5.02 Å². The average molecular weight is 322 g/mol. The van der Waals surface area contributed by atoms with Crippen molar-refractivity contribution in [3.8, 4) is 0 Å². The van der Waals surface area contributed by atoms with Gasteiger partial charge in [-0.1, -0.05) is 29.8 Å². The van der Waals surface area contributed by atoms with Crippen molar-refractivity contribution in [2.24, 2.45) is 0 Å². The summed E-state index contributed by atoms with van der Waals surface area (Å²) in [7, 11) is 0. The maximum absolute atomic E-state index is 12.7. The number of aromatic amines is 1. The molecule has 0 spiro atoms. The highest BCUT2D eigenvalue weighted by Gasteiger charge is 2.25. The number of aliphatic hydroxyl groups is 1. The van der Waals surface area contributed by atoms with Gasteiger partial charge in [-0.15, -0.1) is 0 Å². The van der Waals surface area contributed by atoms with E-state index in [2.05, 4.69) is 9.88 Å². The maximum atomic E-state index is 12.7. The number of aliphatic hydroxyl groups excluding tert-OH is 1. The van der Waals surface area contributed by atoms with Crippen molar-refractivity contribution >= 4 is 28.4 Å². The van der Waals surface area contributed by atoms with Gasteiger partial charge in [-0.25, -0.2) is 0 Å². The Morgan fingerprint density at radius 3 is 2.64 bits per heavy atom. The zero-order chi connectivity index (χ0) is 15.7. The van der Waals surface area contributed by atoms with Crippen molar-refractivity contribution in [1.82, 2.24) is 14.8 Å². The molecule has 2 N–H and O–H groups in total. The molecule has 22 heavy (non-hydrogen) atoms. The Labute approximate surface area is 134 Å². The minimum atomic E-state index is -0.342. The number of benzene rings is 1. The van der Waals surface area contributed by atoms with Crippen LogP contribution < -0.4 is 0 Å². The molecule has 5 nitrogen and oxygen atoms in total. The predicted octanol–water partition coefficient (Wildman–Crippen LogP) is 1.96. The number of hydrogen-bond acceptors (Lipinski definition) is 3. The van der Waals surface area contributed by atoms with E-state index >= 15 is 0 Å². The fraction of sp³-hybridized carbons (Fsp3) is 0.438. The highest BCUT2D eigenvalue weighted by molar-refractivity contribution is 6.38. The van der Waals surface area contributed by atoms with E-state index in [9.17, 15) is 9.90 Å². The summed E-state index contributed by atoms with van der Waals surface area (Å²) in [6, 6.07) is 7.65. The summed E-state index contributed by atoms with van der Waals surface area (Å²) >= 11 is 6.35. The van der Waals surface area contributed by atoms with Crippen molar-refractivity contribution in [3.05, 3.63) is 35.0 Å². The van der Waals surface area contributed by atoms with Gasteiger partial charge in [0.05, 0.1) is 11.1 Å². The van der Waals surface area contributed by atoms with Crippen LogP contribution in [0.1, 0.15) is 17.4 Å². The lowest BCUT2D eigenvalue weighted by Gasteiger charge is -2.35. The van der Waals surface area contributed by atoms with Gasteiger partial charge in [-0.3, -0.25) is 9.69 Å². The van der Waals surface area contributed by atoms with Crippen LogP contribution in [0.3, 0.4) is 0 Å². The highest BCUT2D eigenvalue weighted by Crippen LogP contribution is 2.28. The Balaban J connectivity index is 1.73. The van der Waals surface area contributed by atoms with E-state index in [-0.39, 0.29) is 12.0 Å². The second kappa shape index (κ2) is 6.28. The molecule has 1 aromatic heterocycles. The largest absolute Gasteiger partial charge is 0.392 e. The number of rotatable bonds is 3. The molecule has 1 atom stereocenters. The molecule has 2 heterocycles. The van der Waals surface area contributed by atoms with Crippen molar-refractivity contribution < 1.29 is 9.90 Å². The molecule has 118 valence electrons.